The molecule has 0 bridgehead atoms. The molecule has 1 N–H and O–H groups in total. The van der Waals surface area contributed by atoms with Crippen molar-refractivity contribution in [2.24, 2.45) is 0 Å². The van der Waals surface area contributed by atoms with Crippen molar-refractivity contribution in [1.82, 2.24) is 10.3 Å². The van der Waals surface area contributed by atoms with Gasteiger partial charge in [-0.3, -0.25) is 0 Å². The second kappa shape index (κ2) is 6.58. The monoisotopic (exact) mass is 348 g/mol. The zero-order chi connectivity index (χ0) is 15.5. The predicted molar refractivity (Wildman–Crippen MR) is 89.8 cm³/mol. The highest BCUT2D eigenvalue weighted by Crippen LogP contribution is 2.23. The zero-order valence-electron chi connectivity index (χ0n) is 12.9. The van der Waals surface area contributed by atoms with E-state index < -0.39 is 0 Å². The quantitative estimate of drug-likeness (QED) is 0.858. The van der Waals surface area contributed by atoms with Gasteiger partial charge in [-0.15, -0.1) is 0 Å². The first-order valence-corrected chi connectivity index (χ1v) is 7.78. The maximum Gasteiger partial charge on any atom is 0.219 e. The van der Waals surface area contributed by atoms with Gasteiger partial charge in [0, 0.05) is 28.3 Å². The van der Waals surface area contributed by atoms with Crippen LogP contribution in [0.25, 0.3) is 0 Å². The fourth-order valence-corrected chi connectivity index (χ4v) is 2.06. The van der Waals surface area contributed by atoms with Crippen molar-refractivity contribution in [3.8, 4) is 11.6 Å². The van der Waals surface area contributed by atoms with Crippen LogP contribution in [0.5, 0.6) is 11.6 Å². The molecule has 2 rings (SSSR count). The molecule has 21 heavy (non-hydrogen) atoms. The molecule has 0 aliphatic heterocycles. The molecule has 0 unspecified atom stereocenters. The SMILES string of the molecule is Cc1nc(Oc2ccc(Br)cc2)ccc1CNC(C)(C)C. The summed E-state index contributed by atoms with van der Waals surface area (Å²) in [4.78, 5) is 4.52. The number of pyridine rings is 1. The fraction of sp³-hybridized carbons (Fsp3) is 0.353. The van der Waals surface area contributed by atoms with Crippen molar-refractivity contribution in [3.63, 3.8) is 0 Å². The van der Waals surface area contributed by atoms with E-state index in [9.17, 15) is 0 Å². The van der Waals surface area contributed by atoms with E-state index in [1.165, 1.54) is 5.56 Å². The van der Waals surface area contributed by atoms with Gasteiger partial charge in [0.1, 0.15) is 5.75 Å². The van der Waals surface area contributed by atoms with Crippen molar-refractivity contribution >= 4 is 15.9 Å². The van der Waals surface area contributed by atoms with Crippen LogP contribution in [-0.2, 0) is 6.54 Å². The molecule has 112 valence electrons. The summed E-state index contributed by atoms with van der Waals surface area (Å²) < 4.78 is 6.79. The Morgan fingerprint density at radius 3 is 2.33 bits per heavy atom. The van der Waals surface area contributed by atoms with Gasteiger partial charge < -0.3 is 10.1 Å². The number of hydrogen-bond acceptors (Lipinski definition) is 3. The molecule has 1 heterocycles. The van der Waals surface area contributed by atoms with Crippen LogP contribution in [0.15, 0.2) is 40.9 Å². The average Bonchev–Trinajstić information content (AvgIpc) is 2.39. The molecule has 3 nitrogen and oxygen atoms in total. The first-order valence-electron chi connectivity index (χ1n) is 6.98. The second-order valence-electron chi connectivity index (χ2n) is 6.05. The summed E-state index contributed by atoms with van der Waals surface area (Å²) in [6.07, 6.45) is 0. The highest BCUT2D eigenvalue weighted by Gasteiger charge is 2.10. The van der Waals surface area contributed by atoms with Gasteiger partial charge in [0.2, 0.25) is 5.88 Å². The summed E-state index contributed by atoms with van der Waals surface area (Å²) in [7, 11) is 0. The van der Waals surface area contributed by atoms with Crippen LogP contribution in [0.2, 0.25) is 0 Å². The third-order valence-corrected chi connectivity index (χ3v) is 3.54. The molecule has 0 amide bonds. The lowest BCUT2D eigenvalue weighted by Crippen LogP contribution is -2.35. The molecule has 1 aromatic heterocycles. The Morgan fingerprint density at radius 1 is 1.10 bits per heavy atom. The molecule has 0 aliphatic carbocycles. The molecule has 0 saturated carbocycles. The fourth-order valence-electron chi connectivity index (χ4n) is 1.79. The van der Waals surface area contributed by atoms with Gasteiger partial charge in [0.15, 0.2) is 0 Å². The zero-order valence-corrected chi connectivity index (χ0v) is 14.5. The topological polar surface area (TPSA) is 34.1 Å². The Labute approximate surface area is 134 Å². The van der Waals surface area contributed by atoms with Crippen molar-refractivity contribution in [2.75, 3.05) is 0 Å². The summed E-state index contributed by atoms with van der Waals surface area (Å²) >= 11 is 3.41. The molecular formula is C17H21BrN2O. The standard InChI is InChI=1S/C17H21BrN2O/c1-12-13(11-19-17(2,3)4)5-10-16(20-12)21-15-8-6-14(18)7-9-15/h5-10,19H,11H2,1-4H3. The van der Waals surface area contributed by atoms with Gasteiger partial charge in [0.25, 0.3) is 0 Å². The van der Waals surface area contributed by atoms with Crippen LogP contribution in [0, 0.1) is 6.92 Å². The number of halogens is 1. The normalized spacial score (nSPS) is 11.5. The Hall–Kier alpha value is -1.39. The van der Waals surface area contributed by atoms with E-state index in [1.807, 2.05) is 37.3 Å². The number of rotatable bonds is 4. The van der Waals surface area contributed by atoms with Gasteiger partial charge in [-0.1, -0.05) is 22.0 Å². The number of ether oxygens (including phenoxy) is 1. The number of nitrogens with zero attached hydrogens (tertiary/aromatic N) is 1. The third kappa shape index (κ3) is 5.14. The Balaban J connectivity index is 2.06. The van der Waals surface area contributed by atoms with Crippen LogP contribution in [-0.4, -0.2) is 10.5 Å². The number of aromatic nitrogens is 1. The molecule has 0 aliphatic rings. The van der Waals surface area contributed by atoms with E-state index in [1.54, 1.807) is 0 Å². The lowest BCUT2D eigenvalue weighted by atomic mass is 10.1. The van der Waals surface area contributed by atoms with Crippen LogP contribution in [0.1, 0.15) is 32.0 Å². The van der Waals surface area contributed by atoms with Gasteiger partial charge in [-0.2, -0.15) is 0 Å². The first-order chi connectivity index (χ1) is 9.83. The van der Waals surface area contributed by atoms with Gasteiger partial charge in [-0.25, -0.2) is 4.98 Å². The summed E-state index contributed by atoms with van der Waals surface area (Å²) in [5, 5.41) is 3.47. The Kier molecular flexibility index (Phi) is 5.01. The first kappa shape index (κ1) is 16.0. The maximum absolute atomic E-state index is 5.76. The van der Waals surface area contributed by atoms with E-state index in [0.717, 1.165) is 22.5 Å². The van der Waals surface area contributed by atoms with Crippen molar-refractivity contribution < 1.29 is 4.74 Å². The summed E-state index contributed by atoms with van der Waals surface area (Å²) in [5.41, 5.74) is 2.27. The van der Waals surface area contributed by atoms with Crippen LogP contribution < -0.4 is 10.1 Å². The second-order valence-corrected chi connectivity index (χ2v) is 6.97. The van der Waals surface area contributed by atoms with Crippen molar-refractivity contribution in [2.45, 2.75) is 39.8 Å². The van der Waals surface area contributed by atoms with Gasteiger partial charge >= 0.3 is 0 Å². The Bertz CT molecular complexity index is 603. The lowest BCUT2D eigenvalue weighted by molar-refractivity contribution is 0.422. The minimum Gasteiger partial charge on any atom is -0.439 e. The smallest absolute Gasteiger partial charge is 0.219 e. The Morgan fingerprint density at radius 2 is 1.76 bits per heavy atom. The number of aryl methyl sites for hydroxylation is 1. The third-order valence-electron chi connectivity index (χ3n) is 3.01. The largest absolute Gasteiger partial charge is 0.439 e. The van der Waals surface area contributed by atoms with E-state index in [2.05, 4.69) is 53.1 Å². The number of nitrogens with one attached hydrogen (secondary N) is 1. The molecule has 0 fully saturated rings. The summed E-state index contributed by atoms with van der Waals surface area (Å²) in [6, 6.07) is 11.7. The lowest BCUT2D eigenvalue weighted by Gasteiger charge is -2.21. The minimum absolute atomic E-state index is 0.0963. The summed E-state index contributed by atoms with van der Waals surface area (Å²) in [6.45, 7) is 9.28. The predicted octanol–water partition coefficient (Wildman–Crippen LogP) is 4.83. The maximum atomic E-state index is 5.76. The van der Waals surface area contributed by atoms with Crippen LogP contribution >= 0.6 is 15.9 Å². The highest BCUT2D eigenvalue weighted by atomic mass is 79.9. The molecule has 0 atom stereocenters. The molecule has 4 heteroatoms. The molecule has 0 saturated heterocycles. The number of benzene rings is 1. The van der Waals surface area contributed by atoms with Gasteiger partial charge in [0.05, 0.1) is 0 Å². The summed E-state index contributed by atoms with van der Waals surface area (Å²) in [5.74, 6) is 1.40. The molecule has 0 radical (unpaired) electrons. The van der Waals surface area contributed by atoms with Gasteiger partial charge in [-0.05, 0) is 57.5 Å². The van der Waals surface area contributed by atoms with E-state index in [-0.39, 0.29) is 5.54 Å². The van der Waals surface area contributed by atoms with E-state index >= 15 is 0 Å². The minimum atomic E-state index is 0.0963. The van der Waals surface area contributed by atoms with Crippen molar-refractivity contribution in [3.05, 3.63) is 52.1 Å². The average molecular weight is 349 g/mol. The van der Waals surface area contributed by atoms with E-state index in [4.69, 9.17) is 4.74 Å². The number of hydrogen-bond donors (Lipinski definition) is 1. The molecule has 1 aromatic carbocycles. The molecule has 0 spiro atoms. The van der Waals surface area contributed by atoms with E-state index in [0.29, 0.717) is 5.88 Å². The molecule has 2 aromatic rings. The van der Waals surface area contributed by atoms with Crippen LogP contribution in [0.4, 0.5) is 0 Å². The highest BCUT2D eigenvalue weighted by molar-refractivity contribution is 9.10. The van der Waals surface area contributed by atoms with Crippen LogP contribution in [0.3, 0.4) is 0 Å². The van der Waals surface area contributed by atoms with Crippen molar-refractivity contribution in [1.29, 1.82) is 0 Å². The molecular weight excluding hydrogens is 328 g/mol.